The first-order valence-corrected chi connectivity index (χ1v) is 16.9. The summed E-state index contributed by atoms with van der Waals surface area (Å²) in [5.41, 5.74) is -0.698. The van der Waals surface area contributed by atoms with E-state index in [9.17, 15) is 14.4 Å². The Balaban J connectivity index is 2.14. The highest BCUT2D eigenvalue weighted by Gasteiger charge is 2.29. The first kappa shape index (κ1) is 38.4. The first-order valence-electron chi connectivity index (χ1n) is 16.9. The van der Waals surface area contributed by atoms with Crippen LogP contribution < -0.4 is 10.6 Å². The van der Waals surface area contributed by atoms with Crippen molar-refractivity contribution in [3.8, 4) is 0 Å². The predicted molar refractivity (Wildman–Crippen MR) is 175 cm³/mol. The Hall–Kier alpha value is -1.67. The van der Waals surface area contributed by atoms with Gasteiger partial charge in [0.25, 0.3) is 0 Å². The van der Waals surface area contributed by atoms with Gasteiger partial charge in [0.2, 0.25) is 17.7 Å². The van der Waals surface area contributed by atoms with Crippen molar-refractivity contribution in [1.29, 1.82) is 0 Å². The summed E-state index contributed by atoms with van der Waals surface area (Å²) in [6, 6.07) is 0.273. The van der Waals surface area contributed by atoms with Gasteiger partial charge in [-0.25, -0.2) is 0 Å². The molecule has 1 heterocycles. The number of amides is 3. The van der Waals surface area contributed by atoms with E-state index in [0.29, 0.717) is 6.42 Å². The summed E-state index contributed by atoms with van der Waals surface area (Å²) in [7, 11) is 9.20. The molecule has 2 N–H and O–H groups in total. The maximum Gasteiger partial charge on any atom is 0.225 e. The average Bonchev–Trinajstić information content (AvgIpc) is 3.31. The third-order valence-corrected chi connectivity index (χ3v) is 9.09. The maximum atomic E-state index is 12.9. The van der Waals surface area contributed by atoms with E-state index < -0.39 is 0 Å². The molecule has 3 amide bonds. The molecule has 0 aliphatic carbocycles. The normalized spacial score (nSPS) is 15.7. The number of carbonyl (C=O) groups is 3. The van der Waals surface area contributed by atoms with E-state index in [1.165, 1.54) is 38.8 Å². The van der Waals surface area contributed by atoms with Crippen molar-refractivity contribution in [3.63, 3.8) is 0 Å². The lowest BCUT2D eigenvalue weighted by Gasteiger charge is -2.31. The molecular formula is C34H69N5O3+2. The Morgan fingerprint density at radius 1 is 0.762 bits per heavy atom. The van der Waals surface area contributed by atoms with Crippen LogP contribution in [0.1, 0.15) is 112 Å². The van der Waals surface area contributed by atoms with Gasteiger partial charge in [-0.1, -0.05) is 41.0 Å². The first-order chi connectivity index (χ1) is 19.4. The Kier molecular flexibility index (Phi) is 16.1. The fourth-order valence-electron chi connectivity index (χ4n) is 5.82. The number of hydrogen-bond acceptors (Lipinski definition) is 3. The lowest BCUT2D eigenvalue weighted by Crippen LogP contribution is -2.44. The second kappa shape index (κ2) is 17.6. The zero-order valence-corrected chi connectivity index (χ0v) is 29.4. The number of quaternary nitrogens is 2. The average molecular weight is 596 g/mol. The zero-order chi connectivity index (χ0) is 32.0. The van der Waals surface area contributed by atoms with Gasteiger partial charge < -0.3 is 24.5 Å². The molecule has 1 unspecified atom stereocenters. The van der Waals surface area contributed by atoms with Gasteiger partial charge in [0.15, 0.2) is 0 Å². The highest BCUT2D eigenvalue weighted by Crippen LogP contribution is 2.26. The van der Waals surface area contributed by atoms with Crippen LogP contribution in [0, 0.1) is 10.8 Å². The summed E-state index contributed by atoms with van der Waals surface area (Å²) in [5.74, 6) is 0.563. The molecule has 0 aromatic rings. The standard InChI is InChI=1S/C34H67N5O3/c1-29(37-24-16-20-30(37)40)19-15-21-34(5,6)32(42)36-23-18-28-39(9,10)26-14-12-11-13-25-38(7,8)27-17-22-35-31(41)33(2,3)4/h29H,11-28H2,1-10H3/p+2. The minimum absolute atomic E-state index is 0.132. The molecule has 8 heteroatoms. The highest BCUT2D eigenvalue weighted by atomic mass is 16.2. The van der Waals surface area contributed by atoms with E-state index in [1.54, 1.807) is 0 Å². The maximum absolute atomic E-state index is 12.9. The second-order valence-electron chi connectivity index (χ2n) is 16.0. The molecule has 0 bridgehead atoms. The third-order valence-electron chi connectivity index (χ3n) is 9.09. The quantitative estimate of drug-likeness (QED) is 0.145. The minimum Gasteiger partial charge on any atom is -0.355 e. The van der Waals surface area contributed by atoms with Gasteiger partial charge in [-0.05, 0) is 51.9 Å². The van der Waals surface area contributed by atoms with Gasteiger partial charge in [0.1, 0.15) is 0 Å². The molecule has 0 aromatic carbocycles. The molecule has 0 saturated carbocycles. The van der Waals surface area contributed by atoms with Crippen molar-refractivity contribution < 1.29 is 23.3 Å². The van der Waals surface area contributed by atoms with E-state index in [0.717, 1.165) is 80.2 Å². The van der Waals surface area contributed by atoms with Crippen molar-refractivity contribution in [1.82, 2.24) is 15.5 Å². The topological polar surface area (TPSA) is 78.5 Å². The second-order valence-corrected chi connectivity index (χ2v) is 16.0. The number of unbranched alkanes of at least 4 members (excludes halogenated alkanes) is 3. The number of nitrogens with zero attached hydrogens (tertiary/aromatic N) is 3. The minimum atomic E-state index is -0.380. The Morgan fingerprint density at radius 2 is 1.24 bits per heavy atom. The van der Waals surface area contributed by atoms with Crippen LogP contribution in [0.25, 0.3) is 0 Å². The van der Waals surface area contributed by atoms with Crippen LogP contribution in [0.2, 0.25) is 0 Å². The van der Waals surface area contributed by atoms with Crippen LogP contribution in [-0.2, 0) is 14.4 Å². The van der Waals surface area contributed by atoms with Gasteiger partial charge in [0.05, 0.1) is 54.4 Å². The van der Waals surface area contributed by atoms with Crippen LogP contribution in [-0.4, -0.2) is 112 Å². The molecule has 0 radical (unpaired) electrons. The fraction of sp³-hybridized carbons (Fsp3) is 0.912. The Bertz CT molecular complexity index is 832. The van der Waals surface area contributed by atoms with Gasteiger partial charge >= 0.3 is 0 Å². The number of nitrogens with one attached hydrogen (secondary N) is 2. The summed E-state index contributed by atoms with van der Waals surface area (Å²) in [5, 5.41) is 6.25. The van der Waals surface area contributed by atoms with Crippen LogP contribution >= 0.6 is 0 Å². The number of hydrogen-bond donors (Lipinski definition) is 2. The molecule has 1 rings (SSSR count). The van der Waals surface area contributed by atoms with Gasteiger partial charge in [-0.2, -0.15) is 0 Å². The fourth-order valence-corrected chi connectivity index (χ4v) is 5.82. The molecule has 42 heavy (non-hydrogen) atoms. The number of carbonyl (C=O) groups excluding carboxylic acids is 3. The predicted octanol–water partition coefficient (Wildman–Crippen LogP) is 4.97. The monoisotopic (exact) mass is 596 g/mol. The van der Waals surface area contributed by atoms with Crippen molar-refractivity contribution in [2.75, 3.05) is 74.0 Å². The molecule has 0 spiro atoms. The molecule has 0 aromatic heterocycles. The van der Waals surface area contributed by atoms with E-state index in [-0.39, 0.29) is 34.6 Å². The van der Waals surface area contributed by atoms with Gasteiger partial charge in [-0.15, -0.1) is 0 Å². The zero-order valence-electron chi connectivity index (χ0n) is 29.4. The van der Waals surface area contributed by atoms with Crippen LogP contribution in [0.4, 0.5) is 0 Å². The molecular weight excluding hydrogens is 526 g/mol. The molecule has 1 saturated heterocycles. The van der Waals surface area contributed by atoms with Gasteiger partial charge in [-0.3, -0.25) is 14.4 Å². The number of likely N-dealkylation sites (tertiary alicyclic amines) is 1. The molecule has 1 aliphatic rings. The summed E-state index contributed by atoms with van der Waals surface area (Å²) in [4.78, 5) is 38.8. The van der Waals surface area contributed by atoms with E-state index in [1.807, 2.05) is 39.5 Å². The highest BCUT2D eigenvalue weighted by molar-refractivity contribution is 5.82. The van der Waals surface area contributed by atoms with E-state index in [4.69, 9.17) is 0 Å². The van der Waals surface area contributed by atoms with Crippen molar-refractivity contribution in [2.24, 2.45) is 10.8 Å². The van der Waals surface area contributed by atoms with Crippen LogP contribution in [0.5, 0.6) is 0 Å². The number of rotatable bonds is 21. The van der Waals surface area contributed by atoms with Crippen LogP contribution in [0.3, 0.4) is 0 Å². The van der Waals surface area contributed by atoms with E-state index >= 15 is 0 Å². The molecule has 1 aliphatic heterocycles. The Morgan fingerprint density at radius 3 is 1.69 bits per heavy atom. The lowest BCUT2D eigenvalue weighted by atomic mass is 9.85. The third kappa shape index (κ3) is 15.7. The molecule has 1 atom stereocenters. The Labute approximate surface area is 259 Å². The largest absolute Gasteiger partial charge is 0.355 e. The summed E-state index contributed by atoms with van der Waals surface area (Å²) in [6.07, 6.45) is 11.4. The summed E-state index contributed by atoms with van der Waals surface area (Å²) in [6.45, 7) is 19.0. The molecule has 8 nitrogen and oxygen atoms in total. The SMILES string of the molecule is CC(CCCC(C)(C)C(=O)NCCC[N+](C)(C)CCCCCC[N+](C)(C)CCCNC(=O)C(C)(C)C)N1CCCC1=O. The molecule has 246 valence electrons. The smallest absolute Gasteiger partial charge is 0.225 e. The van der Waals surface area contributed by atoms with E-state index in [2.05, 4.69) is 45.7 Å². The summed E-state index contributed by atoms with van der Waals surface area (Å²) >= 11 is 0. The lowest BCUT2D eigenvalue weighted by molar-refractivity contribution is -0.891. The van der Waals surface area contributed by atoms with Crippen molar-refractivity contribution in [2.45, 2.75) is 118 Å². The molecule has 1 fully saturated rings. The van der Waals surface area contributed by atoms with Crippen molar-refractivity contribution in [3.05, 3.63) is 0 Å². The summed E-state index contributed by atoms with van der Waals surface area (Å²) < 4.78 is 2.00. The van der Waals surface area contributed by atoms with Crippen molar-refractivity contribution >= 4 is 17.7 Å². The van der Waals surface area contributed by atoms with Crippen LogP contribution in [0.15, 0.2) is 0 Å². The van der Waals surface area contributed by atoms with Gasteiger partial charge in [0, 0.05) is 55.8 Å².